The summed E-state index contributed by atoms with van der Waals surface area (Å²) in [7, 11) is 0. The second-order valence-corrected chi connectivity index (χ2v) is 4.23. The maximum absolute atomic E-state index is 12.2. The summed E-state index contributed by atoms with van der Waals surface area (Å²) in [6.07, 6.45) is 2.84. The molecule has 1 aliphatic rings. The molecule has 0 spiro atoms. The number of hydrogen-bond acceptors (Lipinski definition) is 4. The van der Waals surface area contributed by atoms with Crippen molar-refractivity contribution in [3.63, 3.8) is 0 Å². The fraction of sp³-hybridized carbons (Fsp3) is 0.800. The summed E-state index contributed by atoms with van der Waals surface area (Å²) in [6, 6.07) is 0. The molecule has 0 bridgehead atoms. The van der Waals surface area contributed by atoms with Crippen molar-refractivity contribution in [1.29, 1.82) is 0 Å². The fourth-order valence-electron chi connectivity index (χ4n) is 2.15. The van der Waals surface area contributed by atoms with Gasteiger partial charge in [0, 0.05) is 19.6 Å². The van der Waals surface area contributed by atoms with E-state index in [9.17, 15) is 4.39 Å². The normalized spacial score (nSPS) is 21.8. The predicted molar refractivity (Wildman–Crippen MR) is 56.5 cm³/mol. The van der Waals surface area contributed by atoms with Crippen LogP contribution in [0.2, 0.25) is 0 Å². The Morgan fingerprint density at radius 1 is 1.56 bits per heavy atom. The third kappa shape index (κ3) is 2.76. The van der Waals surface area contributed by atoms with Crippen molar-refractivity contribution in [2.75, 3.05) is 26.3 Å². The van der Waals surface area contributed by atoms with Crippen molar-refractivity contribution < 1.29 is 9.50 Å². The summed E-state index contributed by atoms with van der Waals surface area (Å²) in [5.74, 6) is 0.514. The van der Waals surface area contributed by atoms with Crippen molar-refractivity contribution in [3.8, 4) is 0 Å². The summed E-state index contributed by atoms with van der Waals surface area (Å²) in [5.41, 5.74) is 0.596. The standard InChI is InChI=1S/C10H17FN4O/c11-2-4-14-3-1-9(5-14)6-15-7-10(8-16)12-13-15/h7,9,16H,1-6,8H2/t9-/m1/s1. The molecule has 0 aromatic carbocycles. The zero-order valence-electron chi connectivity index (χ0n) is 9.22. The van der Waals surface area contributed by atoms with E-state index in [1.165, 1.54) is 0 Å². The van der Waals surface area contributed by atoms with E-state index < -0.39 is 0 Å². The van der Waals surface area contributed by atoms with Crippen molar-refractivity contribution in [3.05, 3.63) is 11.9 Å². The Kier molecular flexibility index (Phi) is 3.84. The van der Waals surface area contributed by atoms with E-state index in [1.54, 1.807) is 10.9 Å². The molecule has 1 N–H and O–H groups in total. The van der Waals surface area contributed by atoms with E-state index >= 15 is 0 Å². The van der Waals surface area contributed by atoms with Crippen molar-refractivity contribution in [2.24, 2.45) is 5.92 Å². The smallest absolute Gasteiger partial charge is 0.108 e. The first-order valence-corrected chi connectivity index (χ1v) is 5.60. The van der Waals surface area contributed by atoms with Gasteiger partial charge >= 0.3 is 0 Å². The number of aliphatic hydroxyl groups is 1. The lowest BCUT2D eigenvalue weighted by molar-refractivity contribution is 0.276. The van der Waals surface area contributed by atoms with Crippen molar-refractivity contribution >= 4 is 0 Å². The predicted octanol–water partition coefficient (Wildman–Crippen LogP) is 0.0618. The first-order valence-electron chi connectivity index (χ1n) is 5.60. The molecule has 90 valence electrons. The number of aromatic nitrogens is 3. The zero-order chi connectivity index (χ0) is 11.4. The third-order valence-corrected chi connectivity index (χ3v) is 2.96. The number of rotatable bonds is 5. The summed E-state index contributed by atoms with van der Waals surface area (Å²) in [5, 5.41) is 16.6. The Morgan fingerprint density at radius 2 is 2.44 bits per heavy atom. The lowest BCUT2D eigenvalue weighted by Gasteiger charge is -2.13. The van der Waals surface area contributed by atoms with Gasteiger partial charge in [0.05, 0.1) is 12.8 Å². The van der Waals surface area contributed by atoms with Crippen molar-refractivity contribution in [2.45, 2.75) is 19.6 Å². The monoisotopic (exact) mass is 228 g/mol. The van der Waals surface area contributed by atoms with Crippen LogP contribution in [0.1, 0.15) is 12.1 Å². The average molecular weight is 228 g/mol. The van der Waals surface area contributed by atoms with Crippen LogP contribution in [0.5, 0.6) is 0 Å². The van der Waals surface area contributed by atoms with Gasteiger partial charge in [0.2, 0.25) is 0 Å². The SMILES string of the molecule is OCc1cn(C[C@@H]2CCN(CCF)C2)nn1. The first-order chi connectivity index (χ1) is 7.81. The maximum atomic E-state index is 12.2. The van der Waals surface area contributed by atoms with Gasteiger partial charge in [-0.3, -0.25) is 4.68 Å². The first kappa shape index (κ1) is 11.5. The molecule has 0 unspecified atom stereocenters. The molecule has 1 aromatic heterocycles. The molecular formula is C10H17FN4O. The summed E-state index contributed by atoms with van der Waals surface area (Å²) < 4.78 is 13.9. The minimum Gasteiger partial charge on any atom is -0.390 e. The Bertz CT molecular complexity index is 330. The van der Waals surface area contributed by atoms with Crippen LogP contribution in [0.15, 0.2) is 6.20 Å². The number of nitrogens with zero attached hydrogens (tertiary/aromatic N) is 4. The van der Waals surface area contributed by atoms with Gasteiger partial charge in [-0.2, -0.15) is 0 Å². The molecule has 16 heavy (non-hydrogen) atoms. The van der Waals surface area contributed by atoms with Crippen LogP contribution < -0.4 is 0 Å². The van der Waals surface area contributed by atoms with Gasteiger partial charge in [-0.15, -0.1) is 5.10 Å². The van der Waals surface area contributed by atoms with E-state index in [4.69, 9.17) is 5.11 Å². The number of likely N-dealkylation sites (tertiary alicyclic amines) is 1. The molecule has 0 amide bonds. The fourth-order valence-corrected chi connectivity index (χ4v) is 2.15. The van der Waals surface area contributed by atoms with Gasteiger partial charge < -0.3 is 10.0 Å². The lowest BCUT2D eigenvalue weighted by Crippen LogP contribution is -2.24. The van der Waals surface area contributed by atoms with E-state index in [-0.39, 0.29) is 13.3 Å². The molecule has 2 heterocycles. The quantitative estimate of drug-likeness (QED) is 0.774. The molecule has 1 aliphatic heterocycles. The zero-order valence-corrected chi connectivity index (χ0v) is 9.22. The Balaban J connectivity index is 1.82. The minimum absolute atomic E-state index is 0.0708. The van der Waals surface area contributed by atoms with E-state index in [2.05, 4.69) is 15.2 Å². The van der Waals surface area contributed by atoms with Gasteiger partial charge in [0.1, 0.15) is 12.4 Å². The highest BCUT2D eigenvalue weighted by molar-refractivity contribution is 4.89. The number of alkyl halides is 1. The highest BCUT2D eigenvalue weighted by Crippen LogP contribution is 2.17. The summed E-state index contributed by atoms with van der Waals surface area (Å²) in [4.78, 5) is 2.13. The highest BCUT2D eigenvalue weighted by atomic mass is 19.1. The van der Waals surface area contributed by atoms with Crippen LogP contribution in [-0.2, 0) is 13.2 Å². The van der Waals surface area contributed by atoms with Crippen LogP contribution >= 0.6 is 0 Å². The lowest BCUT2D eigenvalue weighted by atomic mass is 10.1. The van der Waals surface area contributed by atoms with E-state index in [0.29, 0.717) is 18.2 Å². The van der Waals surface area contributed by atoms with Crippen LogP contribution in [0.3, 0.4) is 0 Å². The molecule has 5 nitrogen and oxygen atoms in total. The number of halogens is 1. The van der Waals surface area contributed by atoms with Gasteiger partial charge in [0.25, 0.3) is 0 Å². The Hall–Kier alpha value is -1.01. The summed E-state index contributed by atoms with van der Waals surface area (Å²) >= 11 is 0. The van der Waals surface area contributed by atoms with Crippen LogP contribution in [0, 0.1) is 5.92 Å². The van der Waals surface area contributed by atoms with Crippen molar-refractivity contribution in [1.82, 2.24) is 19.9 Å². The Morgan fingerprint density at radius 3 is 3.12 bits per heavy atom. The molecule has 1 fully saturated rings. The largest absolute Gasteiger partial charge is 0.390 e. The number of aliphatic hydroxyl groups excluding tert-OH is 1. The summed E-state index contributed by atoms with van der Waals surface area (Å²) in [6.45, 7) is 2.89. The average Bonchev–Trinajstić information content (AvgIpc) is 2.89. The highest BCUT2D eigenvalue weighted by Gasteiger charge is 2.22. The second kappa shape index (κ2) is 5.36. The molecule has 0 saturated carbocycles. The third-order valence-electron chi connectivity index (χ3n) is 2.96. The molecule has 0 radical (unpaired) electrons. The van der Waals surface area contributed by atoms with Gasteiger partial charge in [-0.1, -0.05) is 5.21 Å². The number of hydrogen-bond donors (Lipinski definition) is 1. The molecule has 1 aromatic rings. The van der Waals surface area contributed by atoms with E-state index in [1.807, 2.05) is 0 Å². The van der Waals surface area contributed by atoms with E-state index in [0.717, 1.165) is 26.1 Å². The molecule has 6 heteroatoms. The van der Waals surface area contributed by atoms with Crippen LogP contribution in [-0.4, -0.2) is 51.3 Å². The molecule has 0 aliphatic carbocycles. The molecule has 1 atom stereocenters. The van der Waals surface area contributed by atoms with Gasteiger partial charge in [0.15, 0.2) is 0 Å². The van der Waals surface area contributed by atoms with Gasteiger partial charge in [-0.25, -0.2) is 4.39 Å². The molecular weight excluding hydrogens is 211 g/mol. The van der Waals surface area contributed by atoms with Crippen LogP contribution in [0.25, 0.3) is 0 Å². The van der Waals surface area contributed by atoms with Gasteiger partial charge in [-0.05, 0) is 18.9 Å². The molecule has 1 saturated heterocycles. The Labute approximate surface area is 93.9 Å². The maximum Gasteiger partial charge on any atom is 0.108 e. The molecule has 2 rings (SSSR count). The topological polar surface area (TPSA) is 54.2 Å². The second-order valence-electron chi connectivity index (χ2n) is 4.23. The van der Waals surface area contributed by atoms with Crippen LogP contribution in [0.4, 0.5) is 4.39 Å². The minimum atomic E-state index is -0.273.